The number of rotatable bonds is 3. The summed E-state index contributed by atoms with van der Waals surface area (Å²) in [5, 5.41) is 0. The van der Waals surface area contributed by atoms with E-state index in [1.165, 1.54) is 0 Å². The lowest BCUT2D eigenvalue weighted by Crippen LogP contribution is -2.10. The van der Waals surface area contributed by atoms with Gasteiger partial charge in [-0.25, -0.2) is 9.78 Å². The Morgan fingerprint density at radius 1 is 1.47 bits per heavy atom. The van der Waals surface area contributed by atoms with Crippen molar-refractivity contribution >= 4 is 17.0 Å². The van der Waals surface area contributed by atoms with E-state index in [-0.39, 0.29) is 0 Å². The van der Waals surface area contributed by atoms with Crippen LogP contribution in [0, 0.1) is 0 Å². The van der Waals surface area contributed by atoms with Crippen LogP contribution in [0.25, 0.3) is 11.0 Å². The molecule has 1 unspecified atom stereocenters. The molecule has 2 aromatic rings. The summed E-state index contributed by atoms with van der Waals surface area (Å²) in [4.78, 5) is 18.9. The molecule has 1 aromatic carbocycles. The Bertz CT molecular complexity index is 539. The molecule has 4 heteroatoms. The molecule has 1 aromatic heterocycles. The van der Waals surface area contributed by atoms with Gasteiger partial charge < -0.3 is 9.72 Å². The number of benzene rings is 1. The van der Waals surface area contributed by atoms with E-state index in [4.69, 9.17) is 4.74 Å². The van der Waals surface area contributed by atoms with Crippen LogP contribution in [0.1, 0.15) is 25.8 Å². The van der Waals surface area contributed by atoms with Crippen LogP contribution in [0.2, 0.25) is 0 Å². The summed E-state index contributed by atoms with van der Waals surface area (Å²) in [6.07, 6.45) is -0.411. The Morgan fingerprint density at radius 3 is 2.82 bits per heavy atom. The van der Waals surface area contributed by atoms with Gasteiger partial charge in [0.05, 0.1) is 11.0 Å². The first-order valence-electron chi connectivity index (χ1n) is 5.39. The second kappa shape index (κ2) is 4.41. The van der Waals surface area contributed by atoms with Gasteiger partial charge in [0.25, 0.3) is 0 Å². The summed E-state index contributed by atoms with van der Waals surface area (Å²) in [5.74, 6) is 0.235. The van der Waals surface area contributed by atoms with Gasteiger partial charge in [0.2, 0.25) is 0 Å². The van der Waals surface area contributed by atoms with Crippen molar-refractivity contribution in [1.82, 2.24) is 9.97 Å². The summed E-state index contributed by atoms with van der Waals surface area (Å²) in [6.45, 7) is 6.93. The lowest BCUT2D eigenvalue weighted by atomic mass is 10.3. The van der Waals surface area contributed by atoms with Crippen LogP contribution >= 0.6 is 0 Å². The average Bonchev–Trinajstić information content (AvgIpc) is 2.72. The highest BCUT2D eigenvalue weighted by Gasteiger charge is 2.15. The van der Waals surface area contributed by atoms with E-state index in [0.29, 0.717) is 11.4 Å². The first-order chi connectivity index (χ1) is 8.08. The SMILES string of the molecule is C=C(C)C(=O)OC(C)c1nc2ccccc2[nH]1. The maximum atomic E-state index is 11.4. The second-order valence-corrected chi connectivity index (χ2v) is 3.97. The molecule has 0 amide bonds. The number of esters is 1. The predicted molar refractivity (Wildman–Crippen MR) is 65.4 cm³/mol. The van der Waals surface area contributed by atoms with Gasteiger partial charge in [0.1, 0.15) is 5.82 Å². The Morgan fingerprint density at radius 2 is 2.18 bits per heavy atom. The first-order valence-corrected chi connectivity index (χ1v) is 5.39. The molecule has 0 aliphatic rings. The summed E-state index contributed by atoms with van der Waals surface area (Å²) < 4.78 is 5.20. The van der Waals surface area contributed by atoms with Gasteiger partial charge in [-0.05, 0) is 26.0 Å². The highest BCUT2D eigenvalue weighted by atomic mass is 16.5. The lowest BCUT2D eigenvalue weighted by Gasteiger charge is -2.10. The van der Waals surface area contributed by atoms with Crippen molar-refractivity contribution in [2.75, 3.05) is 0 Å². The zero-order valence-electron chi connectivity index (χ0n) is 9.86. The number of aromatic nitrogens is 2. The van der Waals surface area contributed by atoms with Gasteiger partial charge in [-0.1, -0.05) is 18.7 Å². The highest BCUT2D eigenvalue weighted by molar-refractivity contribution is 5.87. The first kappa shape index (κ1) is 11.4. The molecule has 0 saturated carbocycles. The van der Waals surface area contributed by atoms with E-state index in [0.717, 1.165) is 11.0 Å². The molecule has 0 aliphatic heterocycles. The third-order valence-electron chi connectivity index (χ3n) is 2.43. The smallest absolute Gasteiger partial charge is 0.333 e. The molecule has 4 nitrogen and oxygen atoms in total. The van der Waals surface area contributed by atoms with Gasteiger partial charge in [-0.2, -0.15) is 0 Å². The molecule has 2 rings (SSSR count). The number of nitrogens with zero attached hydrogens (tertiary/aromatic N) is 1. The van der Waals surface area contributed by atoms with Crippen LogP contribution < -0.4 is 0 Å². The molecule has 1 atom stereocenters. The standard InChI is InChI=1S/C13H14N2O2/c1-8(2)13(16)17-9(3)12-14-10-6-4-5-7-11(10)15-12/h4-7,9H,1H2,2-3H3,(H,14,15). The van der Waals surface area contributed by atoms with Crippen LogP contribution in [0.15, 0.2) is 36.4 Å². The second-order valence-electron chi connectivity index (χ2n) is 3.97. The maximum Gasteiger partial charge on any atom is 0.333 e. The number of carbonyl (C=O) groups is 1. The fraction of sp³-hybridized carbons (Fsp3) is 0.231. The van der Waals surface area contributed by atoms with Crippen molar-refractivity contribution in [1.29, 1.82) is 0 Å². The van der Waals surface area contributed by atoms with E-state index in [1.54, 1.807) is 13.8 Å². The van der Waals surface area contributed by atoms with E-state index < -0.39 is 12.1 Å². The summed E-state index contributed by atoms with van der Waals surface area (Å²) >= 11 is 0. The summed E-state index contributed by atoms with van der Waals surface area (Å²) in [5.41, 5.74) is 2.18. The lowest BCUT2D eigenvalue weighted by molar-refractivity contribution is -0.144. The predicted octanol–water partition coefficient (Wildman–Crippen LogP) is 2.74. The van der Waals surface area contributed by atoms with E-state index in [9.17, 15) is 4.79 Å². The van der Waals surface area contributed by atoms with Crippen LogP contribution in [-0.4, -0.2) is 15.9 Å². The Balaban J connectivity index is 2.22. The van der Waals surface area contributed by atoms with Gasteiger partial charge in [0.15, 0.2) is 6.10 Å². The van der Waals surface area contributed by atoms with Crippen molar-refractivity contribution in [2.24, 2.45) is 0 Å². The Labute approximate surface area is 99.3 Å². The number of nitrogens with one attached hydrogen (secondary N) is 1. The molecule has 17 heavy (non-hydrogen) atoms. The van der Waals surface area contributed by atoms with Crippen LogP contribution in [0.5, 0.6) is 0 Å². The highest BCUT2D eigenvalue weighted by Crippen LogP contribution is 2.18. The number of para-hydroxylation sites is 2. The van der Waals surface area contributed by atoms with Crippen LogP contribution in [-0.2, 0) is 9.53 Å². The molecule has 0 aliphatic carbocycles. The molecule has 0 bridgehead atoms. The maximum absolute atomic E-state index is 11.4. The number of H-pyrrole nitrogens is 1. The number of ether oxygens (including phenoxy) is 1. The van der Waals surface area contributed by atoms with Crippen molar-refractivity contribution in [2.45, 2.75) is 20.0 Å². The van der Waals surface area contributed by atoms with E-state index in [2.05, 4.69) is 16.5 Å². The normalized spacial score (nSPS) is 12.4. The molecule has 88 valence electrons. The minimum atomic E-state index is -0.411. The number of hydrogen-bond donors (Lipinski definition) is 1. The van der Waals surface area contributed by atoms with Crippen molar-refractivity contribution in [3.05, 3.63) is 42.2 Å². The fourth-order valence-corrected chi connectivity index (χ4v) is 1.48. The van der Waals surface area contributed by atoms with E-state index in [1.807, 2.05) is 24.3 Å². The topological polar surface area (TPSA) is 55.0 Å². The third kappa shape index (κ3) is 2.36. The molecule has 1 heterocycles. The zero-order valence-corrected chi connectivity index (χ0v) is 9.86. The van der Waals surface area contributed by atoms with Crippen molar-refractivity contribution in [3.8, 4) is 0 Å². The number of imidazole rings is 1. The zero-order chi connectivity index (χ0) is 12.4. The number of fused-ring (bicyclic) bond motifs is 1. The number of aromatic amines is 1. The number of hydrogen-bond acceptors (Lipinski definition) is 3. The van der Waals surface area contributed by atoms with Crippen molar-refractivity contribution < 1.29 is 9.53 Å². The summed E-state index contributed by atoms with van der Waals surface area (Å²) in [7, 11) is 0. The minimum Gasteiger partial charge on any atom is -0.451 e. The van der Waals surface area contributed by atoms with Crippen LogP contribution in [0.4, 0.5) is 0 Å². The average molecular weight is 230 g/mol. The summed E-state index contributed by atoms with van der Waals surface area (Å²) in [6, 6.07) is 7.67. The molecule has 0 saturated heterocycles. The van der Waals surface area contributed by atoms with Gasteiger partial charge in [-0.3, -0.25) is 0 Å². The van der Waals surface area contributed by atoms with Crippen LogP contribution in [0.3, 0.4) is 0 Å². The van der Waals surface area contributed by atoms with Gasteiger partial charge >= 0.3 is 5.97 Å². The van der Waals surface area contributed by atoms with Gasteiger partial charge in [0, 0.05) is 5.57 Å². The molecule has 0 fully saturated rings. The monoisotopic (exact) mass is 230 g/mol. The molecule has 0 radical (unpaired) electrons. The molecular formula is C13H14N2O2. The van der Waals surface area contributed by atoms with E-state index >= 15 is 0 Å². The van der Waals surface area contributed by atoms with Crippen molar-refractivity contribution in [3.63, 3.8) is 0 Å². The molecule has 0 spiro atoms. The fourth-order valence-electron chi connectivity index (χ4n) is 1.48. The molecular weight excluding hydrogens is 216 g/mol. The quantitative estimate of drug-likeness (QED) is 0.651. The van der Waals surface area contributed by atoms with Gasteiger partial charge in [-0.15, -0.1) is 0 Å². The Kier molecular flexibility index (Phi) is 2.95. The number of carbonyl (C=O) groups excluding carboxylic acids is 1. The minimum absolute atomic E-state index is 0.382. The largest absolute Gasteiger partial charge is 0.451 e. The Hall–Kier alpha value is -2.10. The molecule has 1 N–H and O–H groups in total. The third-order valence-corrected chi connectivity index (χ3v) is 2.43.